The van der Waals surface area contributed by atoms with Gasteiger partial charge < -0.3 is 10.4 Å². The molecule has 0 aliphatic heterocycles. The summed E-state index contributed by atoms with van der Waals surface area (Å²) in [4.78, 5) is 11.8. The second-order valence-corrected chi connectivity index (χ2v) is 7.08. The second kappa shape index (κ2) is 8.71. The van der Waals surface area contributed by atoms with Crippen molar-refractivity contribution in [1.29, 1.82) is 0 Å². The lowest BCUT2D eigenvalue weighted by Crippen LogP contribution is -2.26. The van der Waals surface area contributed by atoms with Gasteiger partial charge in [0.2, 0.25) is 0 Å². The number of carbonyl (C=O) groups is 1. The van der Waals surface area contributed by atoms with Gasteiger partial charge in [0.05, 0.1) is 37.4 Å². The highest BCUT2D eigenvalue weighted by Crippen LogP contribution is 2.32. The minimum Gasteiger partial charge on any atom is -0.506 e. The molecule has 0 atom stereocenters. The number of anilines is 1. The van der Waals surface area contributed by atoms with Gasteiger partial charge in [0.15, 0.2) is 0 Å². The monoisotopic (exact) mass is 493 g/mol. The molecule has 0 saturated carbocycles. The van der Waals surface area contributed by atoms with Crippen LogP contribution in [0.1, 0.15) is 5.56 Å². The number of halogens is 4. The highest BCUT2D eigenvalue weighted by Gasteiger charge is 2.06. The zero-order valence-corrected chi connectivity index (χ0v) is 16.7. The minimum atomic E-state index is -0.348. The Balaban J connectivity index is 1.90. The number of phenols is 1. The van der Waals surface area contributed by atoms with Crippen LogP contribution in [-0.4, -0.2) is 23.8 Å². The number of hydrogen-bond acceptors (Lipinski definition) is 4. The first-order valence-electron chi connectivity index (χ1n) is 6.56. The third-order valence-electron chi connectivity index (χ3n) is 2.83. The standard InChI is InChI=1S/C15H11Br2Cl2N3O2/c16-9-4-8(5-10(17)15(9)24)6-21-22-13(23)7-20-12-3-1-2-11(18)14(12)19/h1-6,20,24H,7H2,(H,22,23). The molecule has 2 aromatic carbocycles. The molecule has 0 heterocycles. The van der Waals surface area contributed by atoms with Gasteiger partial charge in [0, 0.05) is 0 Å². The van der Waals surface area contributed by atoms with Crippen LogP contribution in [0, 0.1) is 0 Å². The van der Waals surface area contributed by atoms with Crippen LogP contribution in [-0.2, 0) is 4.79 Å². The summed E-state index contributed by atoms with van der Waals surface area (Å²) < 4.78 is 1.03. The van der Waals surface area contributed by atoms with E-state index in [0.29, 0.717) is 30.2 Å². The molecular weight excluding hydrogens is 485 g/mol. The van der Waals surface area contributed by atoms with Gasteiger partial charge in [0.1, 0.15) is 5.75 Å². The van der Waals surface area contributed by atoms with Crippen molar-refractivity contribution < 1.29 is 9.90 Å². The number of rotatable bonds is 5. The van der Waals surface area contributed by atoms with E-state index in [0.717, 1.165) is 0 Å². The SMILES string of the molecule is O=C(CNc1cccc(Cl)c1Cl)NN=Cc1cc(Br)c(O)c(Br)c1. The predicted molar refractivity (Wildman–Crippen MR) is 104 cm³/mol. The Morgan fingerprint density at radius 3 is 2.58 bits per heavy atom. The molecule has 0 fully saturated rings. The first kappa shape index (κ1) is 19.1. The van der Waals surface area contributed by atoms with Crippen LogP contribution in [0.3, 0.4) is 0 Å². The number of amides is 1. The Hall–Kier alpha value is -1.28. The van der Waals surface area contributed by atoms with Crippen LogP contribution in [0.15, 0.2) is 44.4 Å². The van der Waals surface area contributed by atoms with Crippen molar-refractivity contribution in [2.24, 2.45) is 5.10 Å². The summed E-state index contributed by atoms with van der Waals surface area (Å²) in [5.74, 6) is -0.252. The van der Waals surface area contributed by atoms with Crippen LogP contribution in [0.2, 0.25) is 10.0 Å². The molecule has 0 unspecified atom stereocenters. The van der Waals surface area contributed by atoms with Gasteiger partial charge in [-0.25, -0.2) is 5.43 Å². The average Bonchev–Trinajstić information content (AvgIpc) is 2.54. The maximum atomic E-state index is 11.8. The fourth-order valence-corrected chi connectivity index (χ4v) is 3.28. The number of nitrogens with one attached hydrogen (secondary N) is 2. The van der Waals surface area contributed by atoms with Crippen molar-refractivity contribution in [3.05, 3.63) is 54.9 Å². The predicted octanol–water partition coefficient (Wildman–Crippen LogP) is 4.79. The summed E-state index contributed by atoms with van der Waals surface area (Å²) in [5, 5.41) is 17.1. The van der Waals surface area contributed by atoms with Crippen molar-refractivity contribution in [3.8, 4) is 5.75 Å². The molecule has 2 aromatic rings. The van der Waals surface area contributed by atoms with Crippen molar-refractivity contribution in [3.63, 3.8) is 0 Å². The molecule has 1 amide bonds. The van der Waals surface area contributed by atoms with E-state index < -0.39 is 0 Å². The molecule has 9 heteroatoms. The van der Waals surface area contributed by atoms with Gasteiger partial charge >= 0.3 is 0 Å². The Labute approximate surface area is 165 Å². The number of hydrogen-bond donors (Lipinski definition) is 3. The summed E-state index contributed by atoms with van der Waals surface area (Å²) >= 11 is 18.4. The van der Waals surface area contributed by atoms with E-state index >= 15 is 0 Å². The molecule has 126 valence electrons. The first-order chi connectivity index (χ1) is 11.4. The number of phenolic OH excluding ortho intramolecular Hbond substituents is 1. The zero-order valence-electron chi connectivity index (χ0n) is 12.0. The molecule has 0 aromatic heterocycles. The van der Waals surface area contributed by atoms with Crippen molar-refractivity contribution in [2.45, 2.75) is 0 Å². The van der Waals surface area contributed by atoms with Gasteiger partial charge in [-0.3, -0.25) is 4.79 Å². The van der Waals surface area contributed by atoms with Gasteiger partial charge in [-0.2, -0.15) is 5.10 Å². The van der Waals surface area contributed by atoms with Crippen molar-refractivity contribution >= 4 is 72.9 Å². The van der Waals surface area contributed by atoms with Crippen LogP contribution >= 0.6 is 55.1 Å². The lowest BCUT2D eigenvalue weighted by molar-refractivity contribution is -0.119. The van der Waals surface area contributed by atoms with E-state index in [-0.39, 0.29) is 18.2 Å². The zero-order chi connectivity index (χ0) is 17.7. The van der Waals surface area contributed by atoms with Crippen LogP contribution in [0.4, 0.5) is 5.69 Å². The number of hydrazone groups is 1. The molecule has 0 saturated heterocycles. The molecule has 3 N–H and O–H groups in total. The normalized spacial score (nSPS) is 10.8. The summed E-state index contributed by atoms with van der Waals surface area (Å²) in [5.41, 5.74) is 3.64. The van der Waals surface area contributed by atoms with Gasteiger partial charge in [-0.1, -0.05) is 29.3 Å². The first-order valence-corrected chi connectivity index (χ1v) is 8.90. The van der Waals surface area contributed by atoms with Crippen molar-refractivity contribution in [1.82, 2.24) is 5.43 Å². The molecule has 2 rings (SSSR count). The molecule has 24 heavy (non-hydrogen) atoms. The highest BCUT2D eigenvalue weighted by molar-refractivity contribution is 9.11. The molecule has 0 spiro atoms. The summed E-state index contributed by atoms with van der Waals surface area (Å²) in [7, 11) is 0. The van der Waals surface area contributed by atoms with Gasteiger partial charge in [-0.15, -0.1) is 0 Å². The number of benzene rings is 2. The second-order valence-electron chi connectivity index (χ2n) is 4.58. The molecule has 0 aliphatic rings. The van der Waals surface area contributed by atoms with E-state index in [2.05, 4.69) is 47.7 Å². The smallest absolute Gasteiger partial charge is 0.259 e. The lowest BCUT2D eigenvalue weighted by Gasteiger charge is -2.08. The third-order valence-corrected chi connectivity index (χ3v) is 4.86. The largest absolute Gasteiger partial charge is 0.506 e. The van der Waals surface area contributed by atoms with E-state index in [1.54, 1.807) is 30.3 Å². The summed E-state index contributed by atoms with van der Waals surface area (Å²) in [6, 6.07) is 8.44. The molecular formula is C15H11Br2Cl2N3O2. The fourth-order valence-electron chi connectivity index (χ4n) is 1.69. The van der Waals surface area contributed by atoms with Crippen LogP contribution in [0.5, 0.6) is 5.75 Å². The average molecular weight is 496 g/mol. The van der Waals surface area contributed by atoms with Gasteiger partial charge in [0.25, 0.3) is 5.91 Å². The number of carbonyl (C=O) groups excluding carboxylic acids is 1. The maximum absolute atomic E-state index is 11.8. The maximum Gasteiger partial charge on any atom is 0.259 e. The molecule has 0 radical (unpaired) electrons. The number of nitrogens with zero attached hydrogens (tertiary/aromatic N) is 1. The van der Waals surface area contributed by atoms with Crippen LogP contribution in [0.25, 0.3) is 0 Å². The van der Waals surface area contributed by atoms with Crippen molar-refractivity contribution in [2.75, 3.05) is 11.9 Å². The Morgan fingerprint density at radius 1 is 1.25 bits per heavy atom. The lowest BCUT2D eigenvalue weighted by atomic mass is 10.2. The third kappa shape index (κ3) is 5.11. The molecule has 0 aliphatic carbocycles. The van der Waals surface area contributed by atoms with E-state index in [9.17, 15) is 9.90 Å². The Kier molecular flexibility index (Phi) is 6.91. The number of aromatic hydroxyl groups is 1. The molecule has 0 bridgehead atoms. The fraction of sp³-hybridized carbons (Fsp3) is 0.0667. The quantitative estimate of drug-likeness (QED) is 0.412. The van der Waals surface area contributed by atoms with E-state index in [1.165, 1.54) is 6.21 Å². The van der Waals surface area contributed by atoms with E-state index in [4.69, 9.17) is 23.2 Å². The Morgan fingerprint density at radius 2 is 1.92 bits per heavy atom. The van der Waals surface area contributed by atoms with Gasteiger partial charge in [-0.05, 0) is 61.7 Å². The topological polar surface area (TPSA) is 73.7 Å². The molecule has 5 nitrogen and oxygen atoms in total. The Bertz CT molecular complexity index is 777. The highest BCUT2D eigenvalue weighted by atomic mass is 79.9. The van der Waals surface area contributed by atoms with E-state index in [1.807, 2.05) is 0 Å². The minimum absolute atomic E-state index is 0.0135. The van der Waals surface area contributed by atoms with Crippen LogP contribution < -0.4 is 10.7 Å². The summed E-state index contributed by atoms with van der Waals surface area (Å²) in [6.07, 6.45) is 1.46. The summed E-state index contributed by atoms with van der Waals surface area (Å²) in [6.45, 7) is -0.0135.